The molecule has 0 spiro atoms. The van der Waals surface area contributed by atoms with Crippen molar-refractivity contribution in [2.45, 2.75) is 38.5 Å². The SMILES string of the molecule is Cc1ccc(C2CNCCC2C2CCC2)cc1. The maximum atomic E-state index is 3.58. The topological polar surface area (TPSA) is 12.0 Å². The smallest absolute Gasteiger partial charge is 0.00229 e. The van der Waals surface area contributed by atoms with Crippen LogP contribution in [0.3, 0.4) is 0 Å². The minimum atomic E-state index is 0.759. The van der Waals surface area contributed by atoms with Crippen molar-refractivity contribution in [3.63, 3.8) is 0 Å². The van der Waals surface area contributed by atoms with Gasteiger partial charge in [-0.1, -0.05) is 49.1 Å². The highest BCUT2D eigenvalue weighted by Gasteiger charge is 2.35. The number of hydrogen-bond donors (Lipinski definition) is 1. The van der Waals surface area contributed by atoms with Gasteiger partial charge in [0, 0.05) is 6.54 Å². The number of benzene rings is 1. The zero-order valence-electron chi connectivity index (χ0n) is 10.8. The van der Waals surface area contributed by atoms with Gasteiger partial charge in [0.25, 0.3) is 0 Å². The van der Waals surface area contributed by atoms with E-state index in [1.165, 1.54) is 44.3 Å². The van der Waals surface area contributed by atoms with Crippen LogP contribution in [-0.4, -0.2) is 13.1 Å². The first kappa shape index (κ1) is 11.3. The summed E-state index contributed by atoms with van der Waals surface area (Å²) in [6.45, 7) is 4.58. The molecule has 1 aliphatic carbocycles. The summed E-state index contributed by atoms with van der Waals surface area (Å²) in [6, 6.07) is 9.22. The van der Waals surface area contributed by atoms with E-state index in [0.717, 1.165) is 17.8 Å². The van der Waals surface area contributed by atoms with Gasteiger partial charge in [-0.05, 0) is 43.2 Å². The number of piperidine rings is 1. The van der Waals surface area contributed by atoms with E-state index in [2.05, 4.69) is 36.5 Å². The second-order valence-corrected chi connectivity index (χ2v) is 5.86. The second kappa shape index (κ2) is 4.81. The zero-order valence-corrected chi connectivity index (χ0v) is 10.8. The van der Waals surface area contributed by atoms with Crippen molar-refractivity contribution in [1.29, 1.82) is 0 Å². The lowest BCUT2D eigenvalue weighted by molar-refractivity contribution is 0.146. The molecule has 2 fully saturated rings. The third kappa shape index (κ3) is 2.26. The summed E-state index contributed by atoms with van der Waals surface area (Å²) in [4.78, 5) is 0. The molecule has 1 heteroatoms. The summed E-state index contributed by atoms with van der Waals surface area (Å²) in [5.41, 5.74) is 2.93. The summed E-state index contributed by atoms with van der Waals surface area (Å²) in [5.74, 6) is 2.71. The van der Waals surface area contributed by atoms with Crippen LogP contribution in [0.5, 0.6) is 0 Å². The van der Waals surface area contributed by atoms with Crippen molar-refractivity contribution >= 4 is 0 Å². The van der Waals surface area contributed by atoms with Gasteiger partial charge in [-0.25, -0.2) is 0 Å². The van der Waals surface area contributed by atoms with E-state index < -0.39 is 0 Å². The third-order valence-corrected chi connectivity index (χ3v) is 4.80. The van der Waals surface area contributed by atoms with Gasteiger partial charge in [-0.2, -0.15) is 0 Å². The Morgan fingerprint density at radius 2 is 1.82 bits per heavy atom. The summed E-state index contributed by atoms with van der Waals surface area (Å²) < 4.78 is 0. The van der Waals surface area contributed by atoms with Gasteiger partial charge in [0.1, 0.15) is 0 Å². The summed E-state index contributed by atoms with van der Waals surface area (Å²) in [5, 5.41) is 3.58. The predicted octanol–water partition coefficient (Wildman–Crippen LogP) is 3.49. The van der Waals surface area contributed by atoms with Gasteiger partial charge in [-0.15, -0.1) is 0 Å². The van der Waals surface area contributed by atoms with E-state index in [9.17, 15) is 0 Å². The van der Waals surface area contributed by atoms with Crippen LogP contribution < -0.4 is 5.32 Å². The molecule has 0 amide bonds. The van der Waals surface area contributed by atoms with E-state index in [1.807, 2.05) is 0 Å². The second-order valence-electron chi connectivity index (χ2n) is 5.86. The largest absolute Gasteiger partial charge is 0.316 e. The van der Waals surface area contributed by atoms with E-state index in [1.54, 1.807) is 5.56 Å². The van der Waals surface area contributed by atoms with Crippen LogP contribution >= 0.6 is 0 Å². The van der Waals surface area contributed by atoms with Crippen molar-refractivity contribution in [2.24, 2.45) is 11.8 Å². The molecule has 1 N–H and O–H groups in total. The Bertz CT molecular complexity index is 364. The molecule has 92 valence electrons. The first-order valence-electron chi connectivity index (χ1n) is 7.12. The van der Waals surface area contributed by atoms with E-state index >= 15 is 0 Å². The maximum absolute atomic E-state index is 3.58. The highest BCUT2D eigenvalue weighted by molar-refractivity contribution is 5.26. The lowest BCUT2D eigenvalue weighted by Crippen LogP contribution is -2.40. The van der Waals surface area contributed by atoms with Gasteiger partial charge in [-0.3, -0.25) is 0 Å². The molecular weight excluding hydrogens is 206 g/mol. The van der Waals surface area contributed by atoms with E-state index in [-0.39, 0.29) is 0 Å². The van der Waals surface area contributed by atoms with Crippen molar-refractivity contribution in [2.75, 3.05) is 13.1 Å². The summed E-state index contributed by atoms with van der Waals surface area (Å²) in [6.07, 6.45) is 5.80. The standard InChI is InChI=1S/C16H23N/c1-12-5-7-14(8-6-12)16-11-17-10-9-15(16)13-3-2-4-13/h5-8,13,15-17H,2-4,9-11H2,1H3. The molecule has 2 atom stereocenters. The first-order chi connectivity index (χ1) is 8.34. The molecule has 1 nitrogen and oxygen atoms in total. The Labute approximate surface area is 105 Å². The van der Waals surface area contributed by atoms with Crippen molar-refractivity contribution in [1.82, 2.24) is 5.32 Å². The number of rotatable bonds is 2. The molecule has 1 heterocycles. The van der Waals surface area contributed by atoms with Crippen molar-refractivity contribution < 1.29 is 0 Å². The normalized spacial score (nSPS) is 29.9. The molecule has 1 aromatic rings. The number of hydrogen-bond acceptors (Lipinski definition) is 1. The van der Waals surface area contributed by atoms with Gasteiger partial charge in [0.15, 0.2) is 0 Å². The summed E-state index contributed by atoms with van der Waals surface area (Å²) in [7, 11) is 0. The van der Waals surface area contributed by atoms with Crippen LogP contribution in [0.2, 0.25) is 0 Å². The fourth-order valence-electron chi connectivity index (χ4n) is 3.49. The number of nitrogens with one attached hydrogen (secondary N) is 1. The van der Waals surface area contributed by atoms with Crippen LogP contribution in [0.4, 0.5) is 0 Å². The van der Waals surface area contributed by atoms with Gasteiger partial charge < -0.3 is 5.32 Å². The highest BCUT2D eigenvalue weighted by Crippen LogP contribution is 2.43. The Morgan fingerprint density at radius 1 is 1.06 bits per heavy atom. The van der Waals surface area contributed by atoms with Gasteiger partial charge in [0.05, 0.1) is 0 Å². The molecule has 1 saturated heterocycles. The molecule has 2 unspecified atom stereocenters. The molecule has 3 rings (SSSR count). The van der Waals surface area contributed by atoms with E-state index in [4.69, 9.17) is 0 Å². The lowest BCUT2D eigenvalue weighted by Gasteiger charge is -2.42. The first-order valence-corrected chi connectivity index (χ1v) is 7.12. The molecular formula is C16H23N. The van der Waals surface area contributed by atoms with Crippen LogP contribution in [-0.2, 0) is 0 Å². The quantitative estimate of drug-likeness (QED) is 0.818. The Kier molecular flexibility index (Phi) is 3.19. The monoisotopic (exact) mass is 229 g/mol. The molecule has 2 aliphatic rings. The van der Waals surface area contributed by atoms with Crippen molar-refractivity contribution in [3.05, 3.63) is 35.4 Å². The average molecular weight is 229 g/mol. The molecule has 1 aliphatic heterocycles. The van der Waals surface area contributed by atoms with Crippen LogP contribution in [0, 0.1) is 18.8 Å². The fourth-order valence-corrected chi connectivity index (χ4v) is 3.49. The predicted molar refractivity (Wildman–Crippen MR) is 72.2 cm³/mol. The molecule has 0 radical (unpaired) electrons. The molecule has 0 aromatic heterocycles. The Balaban J connectivity index is 1.80. The molecule has 1 aromatic carbocycles. The number of aryl methyl sites for hydroxylation is 1. The fraction of sp³-hybridized carbons (Fsp3) is 0.625. The Hall–Kier alpha value is -0.820. The average Bonchev–Trinajstić information content (AvgIpc) is 2.29. The van der Waals surface area contributed by atoms with Crippen LogP contribution in [0.1, 0.15) is 42.7 Å². The zero-order chi connectivity index (χ0) is 11.7. The van der Waals surface area contributed by atoms with E-state index in [0.29, 0.717) is 0 Å². The molecule has 17 heavy (non-hydrogen) atoms. The summed E-state index contributed by atoms with van der Waals surface area (Å²) >= 11 is 0. The minimum Gasteiger partial charge on any atom is -0.316 e. The lowest BCUT2D eigenvalue weighted by atomic mass is 9.66. The van der Waals surface area contributed by atoms with Gasteiger partial charge >= 0.3 is 0 Å². The minimum absolute atomic E-state index is 0.759. The van der Waals surface area contributed by atoms with Gasteiger partial charge in [0.2, 0.25) is 0 Å². The third-order valence-electron chi connectivity index (χ3n) is 4.80. The highest BCUT2D eigenvalue weighted by atomic mass is 14.9. The maximum Gasteiger partial charge on any atom is 0.00229 e. The van der Waals surface area contributed by atoms with Crippen molar-refractivity contribution in [3.8, 4) is 0 Å². The Morgan fingerprint density at radius 3 is 2.47 bits per heavy atom. The van der Waals surface area contributed by atoms with Crippen LogP contribution in [0.15, 0.2) is 24.3 Å². The molecule has 0 bridgehead atoms. The van der Waals surface area contributed by atoms with Crippen LogP contribution in [0.25, 0.3) is 0 Å². The molecule has 1 saturated carbocycles.